The molecule has 0 bridgehead atoms. The summed E-state index contributed by atoms with van der Waals surface area (Å²) in [5.74, 6) is -4.23. The van der Waals surface area contributed by atoms with Gasteiger partial charge in [-0.2, -0.15) is 5.10 Å². The summed E-state index contributed by atoms with van der Waals surface area (Å²) in [6.07, 6.45) is 3.80. The van der Waals surface area contributed by atoms with Gasteiger partial charge in [-0.3, -0.25) is 9.48 Å². The number of carbonyl (C=O) groups excluding carboxylic acids is 1. The molecule has 1 aliphatic heterocycles. The lowest BCUT2D eigenvalue weighted by Crippen LogP contribution is -2.36. The number of H-pyrrole nitrogens is 1. The zero-order chi connectivity index (χ0) is 21.0. The molecule has 0 saturated heterocycles. The minimum Gasteiger partial charge on any atom is -0.359 e. The summed E-state index contributed by atoms with van der Waals surface area (Å²) in [6, 6.07) is 5.61. The lowest BCUT2D eigenvalue weighted by molar-refractivity contribution is 0.0728. The van der Waals surface area contributed by atoms with E-state index in [9.17, 15) is 18.0 Å². The number of benzene rings is 1. The van der Waals surface area contributed by atoms with Gasteiger partial charge in [0.05, 0.1) is 23.4 Å². The second kappa shape index (κ2) is 6.72. The lowest BCUT2D eigenvalue weighted by atomic mass is 9.99. The summed E-state index contributed by atoms with van der Waals surface area (Å²) >= 11 is 0. The average Bonchev–Trinajstić information content (AvgIpc) is 3.33. The third-order valence-electron chi connectivity index (χ3n) is 5.42. The summed E-state index contributed by atoms with van der Waals surface area (Å²) in [4.78, 5) is 22.0. The fraction of sp³-hybridized carbons (Fsp3) is 0.190. The van der Waals surface area contributed by atoms with Crippen LogP contribution in [0.1, 0.15) is 21.7 Å². The maximum atomic E-state index is 13.7. The first kappa shape index (κ1) is 18.4. The number of hydrogen-bond acceptors (Lipinski definition) is 3. The Bertz CT molecular complexity index is 1290. The molecule has 1 aromatic carbocycles. The van der Waals surface area contributed by atoms with Crippen LogP contribution in [0.15, 0.2) is 36.7 Å². The van der Waals surface area contributed by atoms with Gasteiger partial charge in [-0.15, -0.1) is 0 Å². The highest BCUT2D eigenvalue weighted by Crippen LogP contribution is 2.32. The Morgan fingerprint density at radius 2 is 1.93 bits per heavy atom. The molecule has 1 N–H and O–H groups in total. The molecule has 0 radical (unpaired) electrons. The highest BCUT2D eigenvalue weighted by atomic mass is 19.2. The maximum absolute atomic E-state index is 13.7. The van der Waals surface area contributed by atoms with Gasteiger partial charge >= 0.3 is 0 Å². The second-order valence-corrected chi connectivity index (χ2v) is 7.23. The fourth-order valence-corrected chi connectivity index (χ4v) is 4.04. The van der Waals surface area contributed by atoms with Crippen molar-refractivity contribution in [2.75, 3.05) is 6.54 Å². The van der Waals surface area contributed by atoms with Crippen molar-refractivity contribution in [3.05, 3.63) is 71.1 Å². The Labute approximate surface area is 169 Å². The van der Waals surface area contributed by atoms with Crippen molar-refractivity contribution in [3.8, 4) is 11.3 Å². The Hall–Kier alpha value is -3.62. The number of pyridine rings is 1. The predicted molar refractivity (Wildman–Crippen MR) is 103 cm³/mol. The Morgan fingerprint density at radius 1 is 1.17 bits per heavy atom. The van der Waals surface area contributed by atoms with Crippen LogP contribution >= 0.6 is 0 Å². The van der Waals surface area contributed by atoms with Crippen molar-refractivity contribution in [1.29, 1.82) is 0 Å². The molecule has 0 spiro atoms. The van der Waals surface area contributed by atoms with Gasteiger partial charge in [0.2, 0.25) is 0 Å². The Balaban J connectivity index is 1.49. The molecule has 3 aromatic heterocycles. The van der Waals surface area contributed by atoms with Crippen LogP contribution in [0.4, 0.5) is 13.2 Å². The summed E-state index contributed by atoms with van der Waals surface area (Å²) in [7, 11) is 1.65. The van der Waals surface area contributed by atoms with E-state index in [0.29, 0.717) is 35.6 Å². The van der Waals surface area contributed by atoms with Crippen molar-refractivity contribution in [3.63, 3.8) is 0 Å². The number of hydrogen-bond donors (Lipinski definition) is 1. The van der Waals surface area contributed by atoms with Crippen molar-refractivity contribution < 1.29 is 18.0 Å². The van der Waals surface area contributed by atoms with E-state index < -0.39 is 17.5 Å². The van der Waals surface area contributed by atoms with Crippen molar-refractivity contribution in [1.82, 2.24) is 24.6 Å². The summed E-state index contributed by atoms with van der Waals surface area (Å²) < 4.78 is 42.4. The normalized spacial score (nSPS) is 13.7. The van der Waals surface area contributed by atoms with Gasteiger partial charge in [-0.05, 0) is 30.7 Å². The van der Waals surface area contributed by atoms with Crippen LogP contribution in [-0.2, 0) is 20.0 Å². The van der Waals surface area contributed by atoms with E-state index in [1.54, 1.807) is 24.3 Å². The largest absolute Gasteiger partial charge is 0.359 e. The molecule has 0 unspecified atom stereocenters. The summed E-state index contributed by atoms with van der Waals surface area (Å²) in [5, 5.41) is 5.34. The molecule has 5 rings (SSSR count). The van der Waals surface area contributed by atoms with Gasteiger partial charge in [0.25, 0.3) is 5.91 Å². The number of halogens is 3. The number of rotatable bonds is 2. The van der Waals surface area contributed by atoms with Crippen molar-refractivity contribution in [2.24, 2.45) is 7.05 Å². The molecule has 9 heteroatoms. The van der Waals surface area contributed by atoms with Gasteiger partial charge in [0.15, 0.2) is 23.1 Å². The lowest BCUT2D eigenvalue weighted by Gasteiger charge is -2.26. The zero-order valence-corrected chi connectivity index (χ0v) is 15.9. The van der Waals surface area contributed by atoms with E-state index >= 15 is 0 Å². The number of aromatic nitrogens is 4. The number of aromatic amines is 1. The molecule has 4 aromatic rings. The molecule has 0 atom stereocenters. The number of nitrogens with zero attached hydrogens (tertiary/aromatic N) is 4. The first-order chi connectivity index (χ1) is 14.4. The smallest absolute Gasteiger partial charge is 0.275 e. The summed E-state index contributed by atoms with van der Waals surface area (Å²) in [5.41, 5.74) is 3.15. The minimum absolute atomic E-state index is 0.209. The first-order valence-corrected chi connectivity index (χ1v) is 9.35. The van der Waals surface area contributed by atoms with Crippen LogP contribution in [0.2, 0.25) is 0 Å². The number of nitrogens with one attached hydrogen (secondary N) is 1. The molecule has 6 nitrogen and oxygen atoms in total. The molecule has 1 amide bonds. The SMILES string of the molecule is Cn1nc2c(c1-c1cc(F)c(F)c(F)c1)CCN(C(=O)c1nccc3cc[nH]c13)C2. The number of fused-ring (bicyclic) bond motifs is 2. The molecular weight excluding hydrogens is 395 g/mol. The van der Waals surface area contributed by atoms with Crippen LogP contribution < -0.4 is 0 Å². The zero-order valence-electron chi connectivity index (χ0n) is 15.9. The van der Waals surface area contributed by atoms with E-state index in [1.165, 1.54) is 4.68 Å². The molecule has 0 saturated carbocycles. The molecular formula is C21H16F3N5O. The second-order valence-electron chi connectivity index (χ2n) is 7.23. The van der Waals surface area contributed by atoms with Gasteiger partial charge in [0.1, 0.15) is 0 Å². The topological polar surface area (TPSA) is 66.8 Å². The first-order valence-electron chi connectivity index (χ1n) is 9.35. The molecule has 1 aliphatic rings. The maximum Gasteiger partial charge on any atom is 0.275 e. The standard InChI is InChI=1S/C21H16F3N5O/c1-28-20(12-8-14(22)17(24)15(23)9-12)13-4-7-29(10-16(13)27-28)21(30)19-18-11(2-5-25-18)3-6-26-19/h2-3,5-6,8-9,25H,4,7,10H2,1H3. The molecule has 0 aliphatic carbocycles. The van der Waals surface area contributed by atoms with E-state index in [0.717, 1.165) is 23.1 Å². The van der Waals surface area contributed by atoms with Crippen LogP contribution in [0.3, 0.4) is 0 Å². The number of carbonyl (C=O) groups is 1. The van der Waals surface area contributed by atoms with Gasteiger partial charge in [-0.25, -0.2) is 18.2 Å². The van der Waals surface area contributed by atoms with Gasteiger partial charge in [-0.1, -0.05) is 0 Å². The summed E-state index contributed by atoms with van der Waals surface area (Å²) in [6.45, 7) is 0.641. The minimum atomic E-state index is -1.50. The Morgan fingerprint density at radius 3 is 2.70 bits per heavy atom. The fourth-order valence-electron chi connectivity index (χ4n) is 4.04. The Kier molecular flexibility index (Phi) is 4.12. The van der Waals surface area contributed by atoms with Crippen LogP contribution in [-0.4, -0.2) is 37.1 Å². The molecule has 152 valence electrons. The van der Waals surface area contributed by atoms with Crippen LogP contribution in [0.5, 0.6) is 0 Å². The molecule has 30 heavy (non-hydrogen) atoms. The van der Waals surface area contributed by atoms with E-state index in [4.69, 9.17) is 0 Å². The van der Waals surface area contributed by atoms with E-state index in [2.05, 4.69) is 15.1 Å². The predicted octanol–water partition coefficient (Wildman–Crippen LogP) is 3.58. The third-order valence-corrected chi connectivity index (χ3v) is 5.42. The van der Waals surface area contributed by atoms with Gasteiger partial charge < -0.3 is 9.88 Å². The highest BCUT2D eigenvalue weighted by molar-refractivity contribution is 6.03. The monoisotopic (exact) mass is 411 g/mol. The van der Waals surface area contributed by atoms with Crippen molar-refractivity contribution in [2.45, 2.75) is 13.0 Å². The third kappa shape index (κ3) is 2.77. The van der Waals surface area contributed by atoms with Crippen molar-refractivity contribution >= 4 is 16.8 Å². The quantitative estimate of drug-likeness (QED) is 0.513. The average molecular weight is 411 g/mol. The highest BCUT2D eigenvalue weighted by Gasteiger charge is 2.29. The number of amides is 1. The van der Waals surface area contributed by atoms with Crippen LogP contribution in [0, 0.1) is 17.5 Å². The number of aryl methyl sites for hydroxylation is 1. The molecule has 4 heterocycles. The van der Waals surface area contributed by atoms with Crippen LogP contribution in [0.25, 0.3) is 22.2 Å². The van der Waals surface area contributed by atoms with E-state index in [-0.39, 0.29) is 18.0 Å². The van der Waals surface area contributed by atoms with E-state index in [1.807, 2.05) is 12.1 Å². The molecule has 0 fully saturated rings. The van der Waals surface area contributed by atoms with Gasteiger partial charge in [0, 0.05) is 42.5 Å².